The number of H-pyrrole nitrogens is 1. The van der Waals surface area contributed by atoms with Gasteiger partial charge in [-0.25, -0.2) is 4.98 Å². The molecular formula is C37H47N3O4Si. The molecule has 1 aliphatic heterocycles. The molecule has 6 rings (SSSR count). The number of hydrogen-bond donors (Lipinski definition) is 1. The predicted octanol–water partition coefficient (Wildman–Crippen LogP) is 8.98. The summed E-state index contributed by atoms with van der Waals surface area (Å²) in [7, 11) is -1.87. The first kappa shape index (κ1) is 31.5. The summed E-state index contributed by atoms with van der Waals surface area (Å²) in [6, 6.07) is 22.6. The van der Waals surface area contributed by atoms with Crippen molar-refractivity contribution < 1.29 is 18.6 Å². The van der Waals surface area contributed by atoms with E-state index in [1.54, 1.807) is 0 Å². The molecule has 1 saturated carbocycles. The fourth-order valence-electron chi connectivity index (χ4n) is 6.24. The van der Waals surface area contributed by atoms with Gasteiger partial charge in [0.15, 0.2) is 19.8 Å². The maximum atomic E-state index is 6.92. The van der Waals surface area contributed by atoms with E-state index in [0.717, 1.165) is 77.8 Å². The molecule has 0 unspecified atom stereocenters. The molecule has 2 aromatic carbocycles. The second-order valence-corrected chi connectivity index (χ2v) is 18.9. The molecule has 1 aliphatic carbocycles. The highest BCUT2D eigenvalue weighted by atomic mass is 28.4. The minimum atomic E-state index is -1.87. The Balaban J connectivity index is 1.33. The number of nitrogens with one attached hydrogen (secondary N) is 1. The predicted molar refractivity (Wildman–Crippen MR) is 181 cm³/mol. The summed E-state index contributed by atoms with van der Waals surface area (Å²) in [5.41, 5.74) is 5.65. The van der Waals surface area contributed by atoms with Crippen molar-refractivity contribution in [3.8, 4) is 34.1 Å². The zero-order valence-corrected chi connectivity index (χ0v) is 28.6. The Morgan fingerprint density at radius 3 is 2.42 bits per heavy atom. The Morgan fingerprint density at radius 1 is 0.933 bits per heavy atom. The van der Waals surface area contributed by atoms with Crippen molar-refractivity contribution >= 4 is 8.32 Å². The van der Waals surface area contributed by atoms with Gasteiger partial charge in [-0.05, 0) is 93.1 Å². The van der Waals surface area contributed by atoms with Gasteiger partial charge in [0.2, 0.25) is 6.79 Å². The SMILES string of the molecule is Cc1cccc(-c2[nH]c(C3(CCOCc4ccccc4)CCC(O[Si](C)(C)C(C)(C)C)CC3)nc2-c2ccc3c(c2)OCO3)n1. The van der Waals surface area contributed by atoms with Crippen LogP contribution >= 0.6 is 0 Å². The van der Waals surface area contributed by atoms with Gasteiger partial charge >= 0.3 is 0 Å². The molecule has 238 valence electrons. The number of aromatic nitrogens is 3. The molecule has 0 amide bonds. The van der Waals surface area contributed by atoms with E-state index in [2.05, 4.69) is 81.3 Å². The molecule has 1 fully saturated rings. The number of hydrogen-bond acceptors (Lipinski definition) is 6. The first-order chi connectivity index (χ1) is 21.5. The summed E-state index contributed by atoms with van der Waals surface area (Å²) >= 11 is 0. The molecule has 0 radical (unpaired) electrons. The zero-order chi connectivity index (χ0) is 31.7. The number of aromatic amines is 1. The van der Waals surface area contributed by atoms with Crippen LogP contribution in [0.2, 0.25) is 18.1 Å². The van der Waals surface area contributed by atoms with Gasteiger partial charge in [0.1, 0.15) is 5.82 Å². The summed E-state index contributed by atoms with van der Waals surface area (Å²) in [6.07, 6.45) is 5.12. The number of pyridine rings is 1. The van der Waals surface area contributed by atoms with Gasteiger partial charge in [-0.15, -0.1) is 0 Å². The van der Waals surface area contributed by atoms with Crippen molar-refractivity contribution in [3.05, 3.63) is 83.8 Å². The molecule has 45 heavy (non-hydrogen) atoms. The lowest BCUT2D eigenvalue weighted by Gasteiger charge is -2.44. The largest absolute Gasteiger partial charge is 0.454 e. The van der Waals surface area contributed by atoms with E-state index < -0.39 is 8.32 Å². The van der Waals surface area contributed by atoms with E-state index in [1.165, 1.54) is 5.56 Å². The Morgan fingerprint density at radius 2 is 1.69 bits per heavy atom. The molecule has 0 atom stereocenters. The first-order valence-electron chi connectivity index (χ1n) is 16.3. The van der Waals surface area contributed by atoms with Crippen molar-refractivity contribution in [1.29, 1.82) is 0 Å². The second-order valence-electron chi connectivity index (χ2n) is 14.2. The van der Waals surface area contributed by atoms with Crippen LogP contribution in [0.1, 0.15) is 70.0 Å². The van der Waals surface area contributed by atoms with Gasteiger partial charge in [-0.2, -0.15) is 0 Å². The Hall–Kier alpha value is -3.46. The van der Waals surface area contributed by atoms with Crippen molar-refractivity contribution in [2.24, 2.45) is 0 Å². The molecule has 0 bridgehead atoms. The Labute approximate surface area is 268 Å². The number of aryl methyl sites for hydroxylation is 1. The third-order valence-corrected chi connectivity index (χ3v) is 14.5. The van der Waals surface area contributed by atoms with E-state index in [-0.39, 0.29) is 23.4 Å². The summed E-state index contributed by atoms with van der Waals surface area (Å²) < 4.78 is 24.6. The number of nitrogens with zero attached hydrogens (tertiary/aromatic N) is 2. The average molecular weight is 626 g/mol. The maximum absolute atomic E-state index is 6.92. The van der Waals surface area contributed by atoms with Crippen LogP contribution in [0.15, 0.2) is 66.7 Å². The number of rotatable bonds is 10. The molecular weight excluding hydrogens is 579 g/mol. The number of ether oxygens (including phenoxy) is 3. The van der Waals surface area contributed by atoms with Gasteiger partial charge < -0.3 is 23.6 Å². The number of benzene rings is 2. The van der Waals surface area contributed by atoms with Crippen LogP contribution in [0.3, 0.4) is 0 Å². The minimum absolute atomic E-state index is 0.170. The Kier molecular flexibility index (Phi) is 8.92. The summed E-state index contributed by atoms with van der Waals surface area (Å²) in [5, 5.41) is 0.184. The lowest BCUT2D eigenvalue weighted by molar-refractivity contribution is 0.0620. The van der Waals surface area contributed by atoms with Crippen molar-refractivity contribution in [2.75, 3.05) is 13.4 Å². The standard InChI is InChI=1S/C37H47N3O4Si/c1-26-11-10-14-30(38-26)34-33(28-15-16-31-32(23-28)43-25-42-31)39-35(40-34)37(21-22-41-24-27-12-8-7-9-13-27)19-17-29(18-20-37)44-45(5,6)36(2,3)4/h7-16,23,29H,17-22,24-25H2,1-6H3,(H,39,40). The van der Waals surface area contributed by atoms with Crippen LogP contribution in [-0.4, -0.2) is 42.8 Å². The fourth-order valence-corrected chi connectivity index (χ4v) is 7.66. The first-order valence-corrected chi connectivity index (χ1v) is 19.2. The molecule has 2 aliphatic rings. The molecule has 4 aromatic rings. The highest BCUT2D eigenvalue weighted by Crippen LogP contribution is 2.47. The van der Waals surface area contributed by atoms with E-state index in [9.17, 15) is 0 Å². The van der Waals surface area contributed by atoms with Crippen LogP contribution < -0.4 is 9.47 Å². The molecule has 1 N–H and O–H groups in total. The minimum Gasteiger partial charge on any atom is -0.454 e. The van der Waals surface area contributed by atoms with Crippen LogP contribution in [0.4, 0.5) is 0 Å². The van der Waals surface area contributed by atoms with Gasteiger partial charge in [-0.1, -0.05) is 57.2 Å². The molecule has 2 aromatic heterocycles. The summed E-state index contributed by atoms with van der Waals surface area (Å²) in [4.78, 5) is 14.1. The second kappa shape index (κ2) is 12.7. The van der Waals surface area contributed by atoms with Crippen LogP contribution in [-0.2, 0) is 21.2 Å². The maximum Gasteiger partial charge on any atom is 0.231 e. The molecule has 7 nitrogen and oxygen atoms in total. The number of imidazole rings is 1. The molecule has 0 saturated heterocycles. The highest BCUT2D eigenvalue weighted by molar-refractivity contribution is 6.74. The monoisotopic (exact) mass is 625 g/mol. The highest BCUT2D eigenvalue weighted by Gasteiger charge is 2.44. The lowest BCUT2D eigenvalue weighted by Crippen LogP contribution is -2.46. The fraction of sp³-hybridized carbons (Fsp3) is 0.459. The third-order valence-electron chi connectivity index (χ3n) is 9.99. The normalized spacial score (nSPS) is 20.0. The van der Waals surface area contributed by atoms with Crippen molar-refractivity contribution in [2.45, 2.75) is 96.1 Å². The number of fused-ring (bicyclic) bond motifs is 1. The smallest absolute Gasteiger partial charge is 0.231 e. The average Bonchev–Trinajstić information content (AvgIpc) is 3.68. The van der Waals surface area contributed by atoms with Crippen molar-refractivity contribution in [3.63, 3.8) is 0 Å². The molecule has 0 spiro atoms. The van der Waals surface area contributed by atoms with Gasteiger partial charge in [0.25, 0.3) is 0 Å². The van der Waals surface area contributed by atoms with E-state index >= 15 is 0 Å². The van der Waals surface area contributed by atoms with E-state index in [4.69, 9.17) is 28.6 Å². The Bertz CT molecular complexity index is 1600. The third kappa shape index (κ3) is 6.88. The van der Waals surface area contributed by atoms with Gasteiger partial charge in [0, 0.05) is 29.4 Å². The quantitative estimate of drug-likeness (QED) is 0.140. The zero-order valence-electron chi connectivity index (χ0n) is 27.6. The van der Waals surface area contributed by atoms with E-state index in [0.29, 0.717) is 13.2 Å². The van der Waals surface area contributed by atoms with E-state index in [1.807, 2.05) is 31.2 Å². The van der Waals surface area contributed by atoms with Gasteiger partial charge in [-0.3, -0.25) is 4.98 Å². The van der Waals surface area contributed by atoms with Crippen molar-refractivity contribution in [1.82, 2.24) is 15.0 Å². The van der Waals surface area contributed by atoms with Crippen LogP contribution in [0, 0.1) is 6.92 Å². The van der Waals surface area contributed by atoms with Crippen LogP contribution in [0.5, 0.6) is 11.5 Å². The molecule has 3 heterocycles. The van der Waals surface area contributed by atoms with Gasteiger partial charge in [0.05, 0.1) is 23.7 Å². The summed E-state index contributed by atoms with van der Waals surface area (Å²) in [6.45, 7) is 15.2. The van der Waals surface area contributed by atoms with Crippen LogP contribution in [0.25, 0.3) is 22.6 Å². The molecule has 8 heteroatoms. The topological polar surface area (TPSA) is 78.5 Å². The lowest BCUT2D eigenvalue weighted by atomic mass is 9.70. The summed E-state index contributed by atoms with van der Waals surface area (Å²) in [5.74, 6) is 2.51.